The van der Waals surface area contributed by atoms with E-state index in [0.717, 1.165) is 50.6 Å². The van der Waals surface area contributed by atoms with Crippen molar-refractivity contribution < 1.29 is 9.47 Å². The maximum absolute atomic E-state index is 6.68. The van der Waals surface area contributed by atoms with Gasteiger partial charge in [0.2, 0.25) is 0 Å². The Kier molecular flexibility index (Phi) is 9.71. The molecular weight excluding hydrogens is 505 g/mol. The molecule has 0 aromatic heterocycles. The van der Waals surface area contributed by atoms with Gasteiger partial charge in [0, 0.05) is 44.0 Å². The van der Waals surface area contributed by atoms with Crippen LogP contribution in [0, 0.1) is 20.8 Å². The number of ether oxygens (including phenoxy) is 2. The Hall–Kier alpha value is -1.66. The van der Waals surface area contributed by atoms with Gasteiger partial charge in [-0.05, 0) is 101 Å². The van der Waals surface area contributed by atoms with E-state index < -0.39 is 0 Å². The predicted molar refractivity (Wildman–Crippen MR) is 159 cm³/mol. The lowest BCUT2D eigenvalue weighted by molar-refractivity contribution is 0.0396. The number of likely N-dealkylation sites (tertiary alicyclic amines) is 1. The fraction of sp³-hybridized carbons (Fsp3) is 0.600. The molecule has 0 bridgehead atoms. The third-order valence-corrected chi connectivity index (χ3v) is 8.63. The first-order valence-electron chi connectivity index (χ1n) is 13.5. The molecular formula is C30H45Cl2N3O2. The van der Waals surface area contributed by atoms with E-state index in [0.29, 0.717) is 6.04 Å². The van der Waals surface area contributed by atoms with Gasteiger partial charge in [0.15, 0.2) is 0 Å². The molecule has 0 spiro atoms. The molecule has 3 aliphatic rings. The molecule has 2 aromatic carbocycles. The zero-order valence-electron chi connectivity index (χ0n) is 23.4. The smallest absolute Gasteiger partial charge is 0.128 e. The predicted octanol–water partition coefficient (Wildman–Crippen LogP) is 6.14. The molecule has 5 rings (SSSR count). The van der Waals surface area contributed by atoms with Crippen LogP contribution in [0.3, 0.4) is 0 Å². The SMILES string of the molecule is COc1ccc(CCN2CCN(c3c(C)c(C)c4c(c3C)C(N3CCCC3)C(C)(C)O4)CC2)cc1.Cl.Cl. The van der Waals surface area contributed by atoms with Crippen LogP contribution in [-0.2, 0) is 6.42 Å². The summed E-state index contributed by atoms with van der Waals surface area (Å²) in [6.45, 7) is 19.4. The number of benzene rings is 2. The number of hydrogen-bond acceptors (Lipinski definition) is 5. The van der Waals surface area contributed by atoms with Crippen LogP contribution in [0.1, 0.15) is 60.5 Å². The van der Waals surface area contributed by atoms with Gasteiger partial charge in [0.05, 0.1) is 13.2 Å². The molecule has 0 saturated carbocycles. The van der Waals surface area contributed by atoms with E-state index in [1.807, 2.05) is 0 Å². The van der Waals surface area contributed by atoms with E-state index in [-0.39, 0.29) is 30.4 Å². The first-order chi connectivity index (χ1) is 16.8. The van der Waals surface area contributed by atoms with E-state index in [4.69, 9.17) is 9.47 Å². The largest absolute Gasteiger partial charge is 0.497 e. The Balaban J connectivity index is 0.00000190. The van der Waals surface area contributed by atoms with Crippen molar-refractivity contribution in [1.82, 2.24) is 9.80 Å². The minimum atomic E-state index is -0.187. The number of rotatable bonds is 6. The van der Waals surface area contributed by atoms with Crippen molar-refractivity contribution in [3.63, 3.8) is 0 Å². The minimum Gasteiger partial charge on any atom is -0.497 e. The Morgan fingerprint density at radius 1 is 0.865 bits per heavy atom. The second-order valence-corrected chi connectivity index (χ2v) is 11.2. The second kappa shape index (κ2) is 12.0. The summed E-state index contributed by atoms with van der Waals surface area (Å²) < 4.78 is 12.0. The summed E-state index contributed by atoms with van der Waals surface area (Å²) >= 11 is 0. The van der Waals surface area contributed by atoms with Crippen molar-refractivity contribution in [2.75, 3.05) is 57.8 Å². The van der Waals surface area contributed by atoms with Crippen LogP contribution in [-0.4, -0.2) is 68.3 Å². The Morgan fingerprint density at radius 3 is 2.08 bits per heavy atom. The summed E-state index contributed by atoms with van der Waals surface area (Å²) in [6.07, 6.45) is 3.69. The third-order valence-electron chi connectivity index (χ3n) is 8.63. The van der Waals surface area contributed by atoms with Gasteiger partial charge in [0.1, 0.15) is 17.1 Å². The lowest BCUT2D eigenvalue weighted by Crippen LogP contribution is -2.47. The van der Waals surface area contributed by atoms with Crippen LogP contribution in [0.15, 0.2) is 24.3 Å². The topological polar surface area (TPSA) is 28.2 Å². The summed E-state index contributed by atoms with van der Waals surface area (Å²) in [7, 11) is 1.72. The summed E-state index contributed by atoms with van der Waals surface area (Å²) in [5.74, 6) is 2.09. The number of anilines is 1. The van der Waals surface area contributed by atoms with Crippen LogP contribution >= 0.6 is 24.8 Å². The van der Waals surface area contributed by atoms with Gasteiger partial charge < -0.3 is 14.4 Å². The molecule has 1 atom stereocenters. The lowest BCUT2D eigenvalue weighted by atomic mass is 9.87. The average Bonchev–Trinajstić information content (AvgIpc) is 3.48. The van der Waals surface area contributed by atoms with E-state index in [2.05, 4.69) is 73.6 Å². The number of methoxy groups -OCH3 is 1. The molecule has 0 aliphatic carbocycles. The number of piperazine rings is 1. The molecule has 7 heteroatoms. The number of nitrogens with zero attached hydrogens (tertiary/aromatic N) is 3. The van der Waals surface area contributed by atoms with Gasteiger partial charge in [-0.3, -0.25) is 9.80 Å². The van der Waals surface area contributed by atoms with Gasteiger partial charge >= 0.3 is 0 Å². The van der Waals surface area contributed by atoms with Crippen LogP contribution in [0.4, 0.5) is 5.69 Å². The molecule has 37 heavy (non-hydrogen) atoms. The average molecular weight is 551 g/mol. The van der Waals surface area contributed by atoms with Crippen LogP contribution in [0.5, 0.6) is 11.5 Å². The molecule has 2 saturated heterocycles. The molecule has 5 nitrogen and oxygen atoms in total. The van der Waals surface area contributed by atoms with Crippen LogP contribution in [0.2, 0.25) is 0 Å². The van der Waals surface area contributed by atoms with Crippen molar-refractivity contribution in [3.8, 4) is 11.5 Å². The van der Waals surface area contributed by atoms with E-state index in [9.17, 15) is 0 Å². The van der Waals surface area contributed by atoms with Crippen molar-refractivity contribution in [2.24, 2.45) is 0 Å². The van der Waals surface area contributed by atoms with Crippen molar-refractivity contribution in [1.29, 1.82) is 0 Å². The molecule has 206 valence electrons. The molecule has 2 fully saturated rings. The highest BCUT2D eigenvalue weighted by atomic mass is 35.5. The van der Waals surface area contributed by atoms with Crippen molar-refractivity contribution in [3.05, 3.63) is 52.1 Å². The van der Waals surface area contributed by atoms with E-state index in [1.54, 1.807) is 7.11 Å². The standard InChI is InChI=1S/C30H43N3O2.2ClH/c1-21-22(2)28-26(29(30(4,5)35-28)33-14-7-8-15-33)23(3)27(21)32-19-17-31(18-20-32)16-13-24-9-11-25(34-6)12-10-24;;/h9-12,29H,7-8,13-20H2,1-6H3;2*1H. The maximum atomic E-state index is 6.68. The number of halogens is 2. The third kappa shape index (κ3) is 5.71. The molecule has 2 aromatic rings. The number of hydrogen-bond donors (Lipinski definition) is 0. The van der Waals surface area contributed by atoms with E-state index in [1.165, 1.54) is 59.4 Å². The molecule has 0 amide bonds. The summed E-state index contributed by atoms with van der Waals surface area (Å²) in [5.41, 5.74) is 8.27. The summed E-state index contributed by atoms with van der Waals surface area (Å²) in [4.78, 5) is 7.94. The molecule has 3 aliphatic heterocycles. The Morgan fingerprint density at radius 2 is 1.49 bits per heavy atom. The van der Waals surface area contributed by atoms with Crippen molar-refractivity contribution >= 4 is 30.5 Å². The highest BCUT2D eigenvalue weighted by molar-refractivity contribution is 5.85. The van der Waals surface area contributed by atoms with Gasteiger partial charge in [-0.25, -0.2) is 0 Å². The lowest BCUT2D eigenvalue weighted by Gasteiger charge is -2.39. The molecule has 1 unspecified atom stereocenters. The molecule has 0 N–H and O–H groups in total. The van der Waals surface area contributed by atoms with Gasteiger partial charge in [-0.15, -0.1) is 24.8 Å². The second-order valence-electron chi connectivity index (χ2n) is 11.2. The Labute approximate surface area is 236 Å². The van der Waals surface area contributed by atoms with Gasteiger partial charge in [-0.2, -0.15) is 0 Å². The van der Waals surface area contributed by atoms with Gasteiger partial charge in [-0.1, -0.05) is 12.1 Å². The Bertz CT molecular complexity index is 1060. The first-order valence-corrected chi connectivity index (χ1v) is 13.5. The normalized spacial score (nSPS) is 21.1. The monoisotopic (exact) mass is 549 g/mol. The minimum absolute atomic E-state index is 0. The highest BCUT2D eigenvalue weighted by Crippen LogP contribution is 2.53. The number of fused-ring (bicyclic) bond motifs is 1. The molecule has 0 radical (unpaired) electrons. The van der Waals surface area contributed by atoms with Crippen LogP contribution in [0.25, 0.3) is 0 Å². The highest BCUT2D eigenvalue weighted by Gasteiger charge is 2.47. The fourth-order valence-electron chi connectivity index (χ4n) is 6.63. The quantitative estimate of drug-likeness (QED) is 0.431. The zero-order valence-corrected chi connectivity index (χ0v) is 25.1. The summed E-state index contributed by atoms with van der Waals surface area (Å²) in [5, 5.41) is 0. The van der Waals surface area contributed by atoms with Crippen LogP contribution < -0.4 is 14.4 Å². The van der Waals surface area contributed by atoms with Crippen molar-refractivity contribution in [2.45, 2.75) is 65.5 Å². The zero-order chi connectivity index (χ0) is 24.7. The van der Waals surface area contributed by atoms with Gasteiger partial charge in [0.25, 0.3) is 0 Å². The first kappa shape index (κ1) is 29.9. The van der Waals surface area contributed by atoms with E-state index >= 15 is 0 Å². The summed E-state index contributed by atoms with van der Waals surface area (Å²) in [6, 6.07) is 8.86. The fourth-order valence-corrected chi connectivity index (χ4v) is 6.63. The maximum Gasteiger partial charge on any atom is 0.128 e. The molecule has 3 heterocycles.